The summed E-state index contributed by atoms with van der Waals surface area (Å²) in [5.74, 6) is -0.278. The maximum atomic E-state index is 9.99. The Kier molecular flexibility index (Phi) is 6.41. The molecule has 0 aromatic heterocycles. The van der Waals surface area contributed by atoms with Gasteiger partial charge < -0.3 is 15.3 Å². The van der Waals surface area contributed by atoms with Crippen molar-refractivity contribution in [1.82, 2.24) is 0 Å². The molecule has 0 aliphatic carbocycles. The summed E-state index contributed by atoms with van der Waals surface area (Å²) in [6.45, 7) is 9.39. The van der Waals surface area contributed by atoms with Crippen molar-refractivity contribution in [3.8, 4) is 0 Å². The molecule has 0 aromatic carbocycles. The summed E-state index contributed by atoms with van der Waals surface area (Å²) < 4.78 is 0. The Balaban J connectivity index is 4.36. The van der Waals surface area contributed by atoms with Gasteiger partial charge in [0.2, 0.25) is 0 Å². The summed E-state index contributed by atoms with van der Waals surface area (Å²) in [5.41, 5.74) is 0. The van der Waals surface area contributed by atoms with E-state index in [4.69, 9.17) is 0 Å². The third kappa shape index (κ3) is 4.09. The van der Waals surface area contributed by atoms with Crippen LogP contribution in [0.1, 0.15) is 41.0 Å². The Morgan fingerprint density at radius 1 is 0.800 bits per heavy atom. The van der Waals surface area contributed by atoms with E-state index < -0.39 is 18.3 Å². The molecule has 3 nitrogen and oxygen atoms in total. The molecule has 0 aromatic rings. The first-order valence-corrected chi connectivity index (χ1v) is 5.87. The minimum atomic E-state index is -0.655. The van der Waals surface area contributed by atoms with Gasteiger partial charge in [0.05, 0.1) is 18.3 Å². The molecule has 0 saturated carbocycles. The van der Waals surface area contributed by atoms with Gasteiger partial charge in [0.25, 0.3) is 0 Å². The van der Waals surface area contributed by atoms with Crippen LogP contribution in [-0.4, -0.2) is 33.6 Å². The zero-order valence-corrected chi connectivity index (χ0v) is 10.5. The molecule has 0 aliphatic rings. The fraction of sp³-hybridized carbons (Fsp3) is 1.00. The number of aliphatic hydroxyl groups is 3. The zero-order chi connectivity index (χ0) is 12.2. The largest absolute Gasteiger partial charge is 0.393 e. The van der Waals surface area contributed by atoms with Gasteiger partial charge in [0.1, 0.15) is 0 Å². The molecule has 0 radical (unpaired) electrons. The summed E-state index contributed by atoms with van der Waals surface area (Å²) in [6.07, 6.45) is -1.05. The van der Waals surface area contributed by atoms with E-state index in [1.54, 1.807) is 0 Å². The third-order valence-electron chi connectivity index (χ3n) is 3.32. The molecule has 0 aliphatic heterocycles. The summed E-state index contributed by atoms with van der Waals surface area (Å²) >= 11 is 0. The van der Waals surface area contributed by atoms with Crippen LogP contribution in [0.2, 0.25) is 0 Å². The van der Waals surface area contributed by atoms with Crippen molar-refractivity contribution in [1.29, 1.82) is 0 Å². The highest BCUT2D eigenvalue weighted by Gasteiger charge is 2.31. The van der Waals surface area contributed by atoms with E-state index >= 15 is 0 Å². The fourth-order valence-corrected chi connectivity index (χ4v) is 1.89. The SMILES string of the molecule is CC[C@@H](O)[C@@H](C)[C@@H](O)[C@H](C)[C@H](O)C(C)C. The molecular formula is C12H26O3. The number of hydrogen-bond acceptors (Lipinski definition) is 3. The van der Waals surface area contributed by atoms with Gasteiger partial charge in [0, 0.05) is 11.8 Å². The summed E-state index contributed by atoms with van der Waals surface area (Å²) in [7, 11) is 0. The molecule has 0 heterocycles. The van der Waals surface area contributed by atoms with Gasteiger partial charge in [-0.05, 0) is 12.3 Å². The van der Waals surface area contributed by atoms with E-state index in [-0.39, 0.29) is 17.8 Å². The van der Waals surface area contributed by atoms with E-state index in [2.05, 4.69) is 0 Å². The predicted molar refractivity (Wildman–Crippen MR) is 61.5 cm³/mol. The van der Waals surface area contributed by atoms with Crippen molar-refractivity contribution in [3.63, 3.8) is 0 Å². The molecule has 0 saturated heterocycles. The average Bonchev–Trinajstić information content (AvgIpc) is 2.23. The molecule has 5 atom stereocenters. The lowest BCUT2D eigenvalue weighted by Crippen LogP contribution is -2.40. The second-order valence-corrected chi connectivity index (χ2v) is 4.92. The smallest absolute Gasteiger partial charge is 0.0640 e. The maximum Gasteiger partial charge on any atom is 0.0640 e. The molecule has 0 rings (SSSR count). The van der Waals surface area contributed by atoms with Crippen LogP contribution in [0.4, 0.5) is 0 Å². The van der Waals surface area contributed by atoms with Crippen molar-refractivity contribution < 1.29 is 15.3 Å². The maximum absolute atomic E-state index is 9.99. The lowest BCUT2D eigenvalue weighted by Gasteiger charge is -2.32. The second kappa shape index (κ2) is 6.46. The zero-order valence-electron chi connectivity index (χ0n) is 10.5. The third-order valence-corrected chi connectivity index (χ3v) is 3.32. The molecular weight excluding hydrogens is 192 g/mol. The van der Waals surface area contributed by atoms with E-state index in [0.29, 0.717) is 6.42 Å². The van der Waals surface area contributed by atoms with Crippen molar-refractivity contribution in [2.24, 2.45) is 17.8 Å². The van der Waals surface area contributed by atoms with Crippen LogP contribution in [0.25, 0.3) is 0 Å². The van der Waals surface area contributed by atoms with Crippen LogP contribution in [0.3, 0.4) is 0 Å². The van der Waals surface area contributed by atoms with Crippen molar-refractivity contribution in [3.05, 3.63) is 0 Å². The molecule has 0 spiro atoms. The number of hydrogen-bond donors (Lipinski definition) is 3. The topological polar surface area (TPSA) is 60.7 Å². The summed E-state index contributed by atoms with van der Waals surface area (Å²) in [5, 5.41) is 29.4. The van der Waals surface area contributed by atoms with Gasteiger partial charge in [-0.2, -0.15) is 0 Å². The van der Waals surface area contributed by atoms with Gasteiger partial charge in [-0.1, -0.05) is 34.6 Å². The molecule has 3 heteroatoms. The monoisotopic (exact) mass is 218 g/mol. The van der Waals surface area contributed by atoms with Gasteiger partial charge in [-0.15, -0.1) is 0 Å². The van der Waals surface area contributed by atoms with E-state index in [1.807, 2.05) is 34.6 Å². The van der Waals surface area contributed by atoms with E-state index in [0.717, 1.165) is 0 Å². The van der Waals surface area contributed by atoms with Crippen LogP contribution < -0.4 is 0 Å². The lowest BCUT2D eigenvalue weighted by atomic mass is 9.82. The van der Waals surface area contributed by atoms with Crippen molar-refractivity contribution in [2.45, 2.75) is 59.4 Å². The van der Waals surface area contributed by atoms with Crippen LogP contribution in [0, 0.1) is 17.8 Å². The predicted octanol–water partition coefficient (Wildman–Crippen LogP) is 1.41. The molecule has 0 bridgehead atoms. The van der Waals surface area contributed by atoms with Gasteiger partial charge in [0.15, 0.2) is 0 Å². The first kappa shape index (κ1) is 14.9. The Morgan fingerprint density at radius 3 is 1.60 bits per heavy atom. The highest BCUT2D eigenvalue weighted by atomic mass is 16.3. The van der Waals surface area contributed by atoms with Gasteiger partial charge in [-0.3, -0.25) is 0 Å². The van der Waals surface area contributed by atoms with Crippen LogP contribution in [0.5, 0.6) is 0 Å². The standard InChI is InChI=1S/C12H26O3/c1-6-10(13)8(4)12(15)9(5)11(14)7(2)3/h7-15H,6H2,1-5H3/t8-,9-,10-,11-,12-/m1/s1. The van der Waals surface area contributed by atoms with Crippen molar-refractivity contribution >= 4 is 0 Å². The molecule has 15 heavy (non-hydrogen) atoms. The Bertz CT molecular complexity index is 170. The first-order chi connectivity index (χ1) is 6.82. The van der Waals surface area contributed by atoms with Gasteiger partial charge in [-0.25, -0.2) is 0 Å². The van der Waals surface area contributed by atoms with Crippen LogP contribution in [-0.2, 0) is 0 Å². The molecule has 0 unspecified atom stereocenters. The normalized spacial score (nSPS) is 22.2. The van der Waals surface area contributed by atoms with Gasteiger partial charge >= 0.3 is 0 Å². The minimum Gasteiger partial charge on any atom is -0.393 e. The first-order valence-electron chi connectivity index (χ1n) is 5.87. The van der Waals surface area contributed by atoms with Crippen LogP contribution >= 0.6 is 0 Å². The summed E-state index contributed by atoms with van der Waals surface area (Å²) in [4.78, 5) is 0. The average molecular weight is 218 g/mol. The fourth-order valence-electron chi connectivity index (χ4n) is 1.89. The minimum absolute atomic E-state index is 0.126. The molecule has 0 fully saturated rings. The number of aliphatic hydroxyl groups excluding tert-OH is 3. The highest BCUT2D eigenvalue weighted by Crippen LogP contribution is 2.23. The molecule has 3 N–H and O–H groups in total. The quantitative estimate of drug-likeness (QED) is 0.631. The number of rotatable bonds is 6. The Hall–Kier alpha value is -0.120. The Labute approximate surface area is 93.1 Å². The van der Waals surface area contributed by atoms with Crippen LogP contribution in [0.15, 0.2) is 0 Å². The molecule has 92 valence electrons. The lowest BCUT2D eigenvalue weighted by molar-refractivity contribution is -0.0558. The van der Waals surface area contributed by atoms with E-state index in [1.165, 1.54) is 0 Å². The second-order valence-electron chi connectivity index (χ2n) is 4.92. The Morgan fingerprint density at radius 2 is 1.27 bits per heavy atom. The summed E-state index contributed by atoms with van der Waals surface area (Å²) in [6, 6.07) is 0. The van der Waals surface area contributed by atoms with Crippen molar-refractivity contribution in [2.75, 3.05) is 0 Å². The van der Waals surface area contributed by atoms with E-state index in [9.17, 15) is 15.3 Å². The molecule has 0 amide bonds. The highest BCUT2D eigenvalue weighted by molar-refractivity contribution is 4.81.